The number of imidazole rings is 1. The van der Waals surface area contributed by atoms with E-state index in [9.17, 15) is 4.79 Å². The van der Waals surface area contributed by atoms with E-state index in [4.69, 9.17) is 16.3 Å². The summed E-state index contributed by atoms with van der Waals surface area (Å²) in [5.41, 5.74) is 1.94. The predicted octanol–water partition coefficient (Wildman–Crippen LogP) is 5.02. The Morgan fingerprint density at radius 1 is 1.21 bits per heavy atom. The van der Waals surface area contributed by atoms with Crippen molar-refractivity contribution in [1.82, 2.24) is 14.3 Å². The van der Waals surface area contributed by atoms with Crippen LogP contribution in [0.15, 0.2) is 67.3 Å². The van der Waals surface area contributed by atoms with Crippen LogP contribution in [0, 0.1) is 0 Å². The number of carbonyl (C=O) groups is 1. The van der Waals surface area contributed by atoms with E-state index in [1.807, 2.05) is 59.3 Å². The summed E-state index contributed by atoms with van der Waals surface area (Å²) < 4.78 is 11.0. The second-order valence-electron chi connectivity index (χ2n) is 6.41. The Morgan fingerprint density at radius 2 is 1.97 bits per heavy atom. The Morgan fingerprint density at radius 3 is 2.62 bits per heavy atom. The molecule has 0 aliphatic rings. The van der Waals surface area contributed by atoms with Gasteiger partial charge in [-0.2, -0.15) is 0 Å². The average molecular weight is 431 g/mol. The average Bonchev–Trinajstić information content (AvgIpc) is 3.22. The molecule has 1 heterocycles. The summed E-state index contributed by atoms with van der Waals surface area (Å²) >= 11 is 6.97. The lowest BCUT2D eigenvalue weighted by molar-refractivity contribution is 0.170. The van der Waals surface area contributed by atoms with Crippen molar-refractivity contribution in [2.45, 2.75) is 25.5 Å². The largest absolute Gasteiger partial charge is 0.489 e. The molecule has 1 aromatic heterocycles. The number of hydrogen-bond donors (Lipinski definition) is 2. The van der Waals surface area contributed by atoms with Crippen LogP contribution in [-0.2, 0) is 13.0 Å². The van der Waals surface area contributed by atoms with Crippen LogP contribution in [0.1, 0.15) is 12.0 Å². The molecule has 1 unspecified atom stereocenters. The van der Waals surface area contributed by atoms with Crippen molar-refractivity contribution in [3.63, 3.8) is 0 Å². The third kappa shape index (κ3) is 7.12. The van der Waals surface area contributed by atoms with Crippen LogP contribution in [0.25, 0.3) is 0 Å². The van der Waals surface area contributed by atoms with Gasteiger partial charge in [0.05, 0.1) is 12.9 Å². The van der Waals surface area contributed by atoms with Crippen molar-refractivity contribution in [2.24, 2.45) is 0 Å². The molecule has 2 N–H and O–H groups in total. The molecule has 3 aromatic rings. The van der Waals surface area contributed by atoms with Crippen molar-refractivity contribution in [3.05, 3.63) is 77.8 Å². The van der Waals surface area contributed by atoms with Crippen molar-refractivity contribution in [2.75, 3.05) is 12.4 Å². The lowest BCUT2D eigenvalue weighted by Gasteiger charge is -2.20. The molecule has 0 saturated heterocycles. The third-order valence-electron chi connectivity index (χ3n) is 4.24. The van der Waals surface area contributed by atoms with Gasteiger partial charge in [0.1, 0.15) is 11.9 Å². The van der Waals surface area contributed by atoms with Gasteiger partial charge in [-0.15, -0.1) is 0 Å². The number of hydrogen-bond acceptors (Lipinski definition) is 5. The molecule has 1 amide bonds. The number of rotatable bonds is 9. The van der Waals surface area contributed by atoms with E-state index < -0.39 is 0 Å². The zero-order valence-electron chi connectivity index (χ0n) is 16.0. The highest BCUT2D eigenvalue weighted by Crippen LogP contribution is 2.20. The molecule has 152 valence electrons. The fourth-order valence-corrected chi connectivity index (χ4v) is 3.32. The molecule has 0 saturated carbocycles. The van der Waals surface area contributed by atoms with Crippen molar-refractivity contribution < 1.29 is 9.53 Å². The molecule has 2 aromatic carbocycles. The van der Waals surface area contributed by atoms with E-state index in [-0.39, 0.29) is 11.3 Å². The maximum absolute atomic E-state index is 11.6. The molecule has 0 radical (unpaired) electrons. The van der Waals surface area contributed by atoms with Gasteiger partial charge in [0, 0.05) is 35.1 Å². The number of halogens is 1. The van der Waals surface area contributed by atoms with Crippen LogP contribution in [0.5, 0.6) is 5.75 Å². The summed E-state index contributed by atoms with van der Waals surface area (Å²) in [6, 6.07) is 15.3. The lowest BCUT2D eigenvalue weighted by atomic mass is 10.1. The van der Waals surface area contributed by atoms with Crippen LogP contribution in [-0.4, -0.2) is 27.9 Å². The van der Waals surface area contributed by atoms with E-state index in [0.29, 0.717) is 6.54 Å². The number of aryl methyl sites for hydroxylation is 1. The monoisotopic (exact) mass is 430 g/mol. The lowest BCUT2D eigenvalue weighted by Crippen LogP contribution is -2.23. The standard InChI is InChI=1S/C21H23ClN4O2S/c1-23-29-21(27)25-18-7-10-19(11-8-18)28-20(14-26-13-12-24-15-26)9-4-16-2-5-17(22)6-3-16/h2-3,5-8,10-13,15,20,23H,4,9,14H2,1H3,(H,25,27). The minimum Gasteiger partial charge on any atom is -0.489 e. The van der Waals surface area contributed by atoms with Crippen LogP contribution >= 0.6 is 23.5 Å². The fraction of sp³-hybridized carbons (Fsp3) is 0.238. The first kappa shape index (κ1) is 21.2. The van der Waals surface area contributed by atoms with Crippen molar-refractivity contribution >= 4 is 34.5 Å². The van der Waals surface area contributed by atoms with Crippen LogP contribution in [0.4, 0.5) is 10.5 Å². The molecule has 0 bridgehead atoms. The summed E-state index contributed by atoms with van der Waals surface area (Å²) in [7, 11) is 1.70. The van der Waals surface area contributed by atoms with E-state index in [0.717, 1.165) is 41.2 Å². The van der Waals surface area contributed by atoms with Gasteiger partial charge in [-0.25, -0.2) is 4.98 Å². The minimum atomic E-state index is -0.165. The van der Waals surface area contributed by atoms with Gasteiger partial charge in [-0.1, -0.05) is 23.7 Å². The Balaban J connectivity index is 1.62. The smallest absolute Gasteiger partial charge is 0.298 e. The molecule has 3 rings (SSSR count). The van der Waals surface area contributed by atoms with Gasteiger partial charge >= 0.3 is 0 Å². The Kier molecular flexibility index (Phi) is 7.98. The summed E-state index contributed by atoms with van der Waals surface area (Å²) in [5.74, 6) is 0.755. The van der Waals surface area contributed by atoms with Crippen molar-refractivity contribution in [1.29, 1.82) is 0 Å². The van der Waals surface area contributed by atoms with Gasteiger partial charge in [-0.05, 0) is 61.9 Å². The normalized spacial score (nSPS) is 11.8. The predicted molar refractivity (Wildman–Crippen MR) is 119 cm³/mol. The Hall–Kier alpha value is -2.48. The van der Waals surface area contributed by atoms with Gasteiger partial charge in [0.25, 0.3) is 5.24 Å². The first-order valence-electron chi connectivity index (χ1n) is 9.24. The van der Waals surface area contributed by atoms with Crippen molar-refractivity contribution in [3.8, 4) is 5.75 Å². The molecule has 0 aliphatic heterocycles. The van der Waals surface area contributed by atoms with Crippen LogP contribution in [0.2, 0.25) is 5.02 Å². The second-order valence-corrected chi connectivity index (χ2v) is 7.83. The highest BCUT2D eigenvalue weighted by Gasteiger charge is 2.13. The molecule has 0 aliphatic carbocycles. The summed E-state index contributed by atoms with van der Waals surface area (Å²) in [4.78, 5) is 15.7. The quantitative estimate of drug-likeness (QED) is 0.467. The van der Waals surface area contributed by atoms with Crippen LogP contribution < -0.4 is 14.8 Å². The molecule has 29 heavy (non-hydrogen) atoms. The number of aromatic nitrogens is 2. The first-order valence-corrected chi connectivity index (χ1v) is 10.4. The number of anilines is 1. The Bertz CT molecular complexity index is 886. The maximum Gasteiger partial charge on any atom is 0.298 e. The fourth-order valence-electron chi connectivity index (χ4n) is 2.84. The number of carbonyl (C=O) groups excluding carboxylic acids is 1. The van der Waals surface area contributed by atoms with E-state index in [1.54, 1.807) is 19.6 Å². The maximum atomic E-state index is 11.6. The van der Waals surface area contributed by atoms with Crippen LogP contribution in [0.3, 0.4) is 0 Å². The topological polar surface area (TPSA) is 68.2 Å². The number of nitrogens with zero attached hydrogens (tertiary/aromatic N) is 2. The van der Waals surface area contributed by atoms with Gasteiger partial charge in [-0.3, -0.25) is 9.52 Å². The second kappa shape index (κ2) is 10.9. The molecule has 6 nitrogen and oxygen atoms in total. The summed E-state index contributed by atoms with van der Waals surface area (Å²) in [6.07, 6.45) is 7.17. The van der Waals surface area contributed by atoms with E-state index >= 15 is 0 Å². The highest BCUT2D eigenvalue weighted by molar-refractivity contribution is 8.12. The zero-order valence-corrected chi connectivity index (χ0v) is 17.6. The molecule has 1 atom stereocenters. The summed E-state index contributed by atoms with van der Waals surface area (Å²) in [6.45, 7) is 0.699. The Labute approximate surface area is 179 Å². The molecule has 0 spiro atoms. The zero-order chi connectivity index (χ0) is 20.5. The number of amides is 1. The van der Waals surface area contributed by atoms with Gasteiger partial charge < -0.3 is 14.6 Å². The minimum absolute atomic E-state index is 0.0276. The number of nitrogens with one attached hydrogen (secondary N) is 2. The van der Waals surface area contributed by atoms with E-state index in [1.165, 1.54) is 5.56 Å². The van der Waals surface area contributed by atoms with E-state index in [2.05, 4.69) is 15.0 Å². The van der Waals surface area contributed by atoms with Gasteiger partial charge in [0.2, 0.25) is 0 Å². The highest BCUT2D eigenvalue weighted by atomic mass is 35.5. The SMILES string of the molecule is CNSC(=O)Nc1ccc(OC(CCc2ccc(Cl)cc2)Cn2ccnc2)cc1. The third-order valence-corrected chi connectivity index (χ3v) is 4.98. The number of benzene rings is 2. The van der Waals surface area contributed by atoms with Gasteiger partial charge in [0.15, 0.2) is 0 Å². The molecule has 8 heteroatoms. The molecular formula is C21H23ClN4O2S. The first-order chi connectivity index (χ1) is 14.1. The number of ether oxygens (including phenoxy) is 1. The summed E-state index contributed by atoms with van der Waals surface area (Å²) in [5, 5.41) is 3.37. The molecular weight excluding hydrogens is 408 g/mol. The molecule has 0 fully saturated rings.